The molecule has 2 aromatic rings. The van der Waals surface area contributed by atoms with Crippen LogP contribution in [0.5, 0.6) is 11.6 Å². The van der Waals surface area contributed by atoms with E-state index in [9.17, 15) is 23.1 Å². The number of nitrogens with zero attached hydrogens (tertiary/aromatic N) is 1. The molecule has 1 unspecified atom stereocenters. The number of alkyl halides is 3. The van der Waals surface area contributed by atoms with Crippen molar-refractivity contribution in [3.8, 4) is 11.6 Å². The maximum Gasteiger partial charge on any atom is 0.416 e. The van der Waals surface area contributed by atoms with Gasteiger partial charge >= 0.3 is 6.18 Å². The lowest BCUT2D eigenvalue weighted by Gasteiger charge is -2.15. The molecule has 0 aliphatic rings. The van der Waals surface area contributed by atoms with E-state index in [0.717, 1.165) is 12.1 Å². The van der Waals surface area contributed by atoms with Crippen molar-refractivity contribution in [1.29, 1.82) is 0 Å². The molecule has 0 saturated heterocycles. The number of aliphatic hydroxyl groups excluding tert-OH is 1. The molecular weight excluding hydrogens is 413 g/mol. The Hall–Kier alpha value is -2.52. The normalized spacial score (nSPS) is 12.6. The molecule has 1 amide bonds. The Morgan fingerprint density at radius 1 is 1.31 bits per heavy atom. The zero-order valence-electron chi connectivity index (χ0n) is 15.7. The van der Waals surface area contributed by atoms with Crippen LogP contribution in [0.4, 0.5) is 13.2 Å². The summed E-state index contributed by atoms with van der Waals surface area (Å²) in [5, 5.41) is 12.5. The molecule has 0 bridgehead atoms. The van der Waals surface area contributed by atoms with Gasteiger partial charge in [-0.05, 0) is 38.1 Å². The Morgan fingerprint density at radius 2 is 2.03 bits per heavy atom. The average molecular weight is 433 g/mol. The van der Waals surface area contributed by atoms with Gasteiger partial charge in [-0.15, -0.1) is 0 Å². The first kappa shape index (κ1) is 22.8. The second-order valence-electron chi connectivity index (χ2n) is 6.38. The lowest BCUT2D eigenvalue weighted by Crippen LogP contribution is -2.35. The van der Waals surface area contributed by atoms with Crippen LogP contribution in [0, 0.1) is 0 Å². The SMILES string of the molecule is CC(C)Oc1ncc(C(=O)NCC(O)COc2cccc(C(F)(F)F)c2)cc1Cl. The molecule has 29 heavy (non-hydrogen) atoms. The summed E-state index contributed by atoms with van der Waals surface area (Å²) < 4.78 is 48.6. The van der Waals surface area contributed by atoms with Crippen molar-refractivity contribution in [2.75, 3.05) is 13.2 Å². The fourth-order valence-corrected chi connectivity index (χ4v) is 2.40. The number of aromatic nitrogens is 1. The highest BCUT2D eigenvalue weighted by Gasteiger charge is 2.30. The molecule has 10 heteroatoms. The van der Waals surface area contributed by atoms with Gasteiger partial charge in [0.1, 0.15) is 23.5 Å². The largest absolute Gasteiger partial charge is 0.491 e. The molecule has 0 saturated carbocycles. The number of benzene rings is 1. The van der Waals surface area contributed by atoms with Crippen LogP contribution in [0.1, 0.15) is 29.8 Å². The molecule has 1 atom stereocenters. The molecule has 0 spiro atoms. The van der Waals surface area contributed by atoms with Crippen molar-refractivity contribution in [2.24, 2.45) is 0 Å². The molecule has 6 nitrogen and oxygen atoms in total. The minimum absolute atomic E-state index is 0.0399. The monoisotopic (exact) mass is 432 g/mol. The Kier molecular flexibility index (Phi) is 7.69. The first-order valence-corrected chi connectivity index (χ1v) is 9.02. The van der Waals surface area contributed by atoms with Crippen LogP contribution in [-0.2, 0) is 6.18 Å². The van der Waals surface area contributed by atoms with E-state index in [0.29, 0.717) is 0 Å². The standard InChI is InChI=1S/C19H20ClF3N2O4/c1-11(2)29-18-16(20)6-12(8-25-18)17(27)24-9-14(26)10-28-15-5-3-4-13(7-15)19(21,22)23/h3-8,11,14,26H,9-10H2,1-2H3,(H,24,27). The van der Waals surface area contributed by atoms with Crippen LogP contribution >= 0.6 is 11.6 Å². The van der Waals surface area contributed by atoms with E-state index in [2.05, 4.69) is 10.3 Å². The minimum atomic E-state index is -4.49. The first-order chi connectivity index (χ1) is 13.6. The van der Waals surface area contributed by atoms with Crippen LogP contribution in [-0.4, -0.2) is 41.4 Å². The number of aliphatic hydroxyl groups is 1. The Labute approximate surface area is 170 Å². The number of carbonyl (C=O) groups excluding carboxylic acids is 1. The number of carbonyl (C=O) groups is 1. The summed E-state index contributed by atoms with van der Waals surface area (Å²) in [6.07, 6.45) is -4.48. The Morgan fingerprint density at radius 3 is 2.66 bits per heavy atom. The number of nitrogens with one attached hydrogen (secondary N) is 1. The number of hydrogen-bond acceptors (Lipinski definition) is 5. The molecule has 1 heterocycles. The van der Waals surface area contributed by atoms with Gasteiger partial charge in [0.2, 0.25) is 5.88 Å². The zero-order valence-corrected chi connectivity index (χ0v) is 16.4. The second kappa shape index (κ2) is 9.80. The molecule has 0 aliphatic heterocycles. The smallest absolute Gasteiger partial charge is 0.416 e. The quantitative estimate of drug-likeness (QED) is 0.664. The molecular formula is C19H20ClF3N2O4. The molecule has 1 aromatic heterocycles. The van der Waals surface area contributed by atoms with Crippen LogP contribution in [0.25, 0.3) is 0 Å². The maximum atomic E-state index is 12.7. The molecule has 0 fully saturated rings. The van der Waals surface area contributed by atoms with E-state index in [4.69, 9.17) is 21.1 Å². The third kappa shape index (κ3) is 7.10. The molecule has 2 N–H and O–H groups in total. The van der Waals surface area contributed by atoms with Gasteiger partial charge in [-0.25, -0.2) is 4.98 Å². The molecule has 1 aromatic carbocycles. The number of pyridine rings is 1. The van der Waals surface area contributed by atoms with Crippen LogP contribution in [0.3, 0.4) is 0 Å². The van der Waals surface area contributed by atoms with E-state index in [1.54, 1.807) is 0 Å². The van der Waals surface area contributed by atoms with Crippen molar-refractivity contribution in [3.63, 3.8) is 0 Å². The third-order valence-corrected chi connectivity index (χ3v) is 3.79. The Bertz CT molecular complexity index is 846. The van der Waals surface area contributed by atoms with Crippen LogP contribution < -0.4 is 14.8 Å². The molecule has 2 rings (SSSR count). The second-order valence-corrected chi connectivity index (χ2v) is 6.79. The Balaban J connectivity index is 1.85. The van der Waals surface area contributed by atoms with Crippen molar-refractivity contribution < 1.29 is 32.5 Å². The first-order valence-electron chi connectivity index (χ1n) is 8.64. The summed E-state index contributed by atoms with van der Waals surface area (Å²) in [7, 11) is 0. The predicted octanol–water partition coefficient (Wildman–Crippen LogP) is 3.71. The van der Waals surface area contributed by atoms with Crippen LogP contribution in [0.2, 0.25) is 5.02 Å². The van der Waals surface area contributed by atoms with Crippen LogP contribution in [0.15, 0.2) is 36.5 Å². The fourth-order valence-electron chi connectivity index (χ4n) is 2.19. The topological polar surface area (TPSA) is 80.7 Å². The third-order valence-electron chi connectivity index (χ3n) is 3.52. The van der Waals surface area contributed by atoms with Gasteiger partial charge < -0.3 is 19.9 Å². The van der Waals surface area contributed by atoms with Gasteiger partial charge in [0.25, 0.3) is 5.91 Å². The van der Waals surface area contributed by atoms with E-state index >= 15 is 0 Å². The van der Waals surface area contributed by atoms with Gasteiger partial charge in [-0.2, -0.15) is 13.2 Å². The van der Waals surface area contributed by atoms with Crippen molar-refractivity contribution >= 4 is 17.5 Å². The fraction of sp³-hybridized carbons (Fsp3) is 0.368. The summed E-state index contributed by atoms with van der Waals surface area (Å²) in [6, 6.07) is 5.68. The summed E-state index contributed by atoms with van der Waals surface area (Å²) in [4.78, 5) is 16.1. The minimum Gasteiger partial charge on any atom is -0.491 e. The number of amides is 1. The highest BCUT2D eigenvalue weighted by molar-refractivity contribution is 6.32. The van der Waals surface area contributed by atoms with E-state index in [1.807, 2.05) is 13.8 Å². The zero-order chi connectivity index (χ0) is 21.6. The van der Waals surface area contributed by atoms with Crippen molar-refractivity contribution in [2.45, 2.75) is 32.2 Å². The highest BCUT2D eigenvalue weighted by Crippen LogP contribution is 2.31. The number of halogens is 4. The van der Waals surface area contributed by atoms with Gasteiger partial charge in [0.15, 0.2) is 0 Å². The van der Waals surface area contributed by atoms with Gasteiger partial charge in [0.05, 0.1) is 17.2 Å². The van der Waals surface area contributed by atoms with Gasteiger partial charge in [0, 0.05) is 12.7 Å². The van der Waals surface area contributed by atoms with Crippen molar-refractivity contribution in [3.05, 3.63) is 52.7 Å². The maximum absolute atomic E-state index is 12.7. The number of ether oxygens (including phenoxy) is 2. The summed E-state index contributed by atoms with van der Waals surface area (Å²) in [5.41, 5.74) is -0.691. The average Bonchev–Trinajstić information content (AvgIpc) is 2.65. The highest BCUT2D eigenvalue weighted by atomic mass is 35.5. The van der Waals surface area contributed by atoms with Crippen molar-refractivity contribution in [1.82, 2.24) is 10.3 Å². The molecule has 0 aliphatic carbocycles. The lowest BCUT2D eigenvalue weighted by molar-refractivity contribution is -0.137. The predicted molar refractivity (Wildman–Crippen MR) is 100 cm³/mol. The van der Waals surface area contributed by atoms with E-state index in [-0.39, 0.29) is 41.5 Å². The van der Waals surface area contributed by atoms with E-state index in [1.165, 1.54) is 24.4 Å². The number of hydrogen-bond donors (Lipinski definition) is 2. The number of rotatable bonds is 8. The summed E-state index contributed by atoms with van der Waals surface area (Å²) in [6.45, 7) is 3.13. The molecule has 0 radical (unpaired) electrons. The van der Waals surface area contributed by atoms with Gasteiger partial charge in [-0.1, -0.05) is 17.7 Å². The van der Waals surface area contributed by atoms with Gasteiger partial charge in [-0.3, -0.25) is 4.79 Å². The van der Waals surface area contributed by atoms with E-state index < -0.39 is 23.8 Å². The molecule has 158 valence electrons. The summed E-state index contributed by atoms with van der Waals surface area (Å²) in [5.74, 6) is -0.372. The lowest BCUT2D eigenvalue weighted by atomic mass is 10.2. The summed E-state index contributed by atoms with van der Waals surface area (Å²) >= 11 is 6.03.